The lowest BCUT2D eigenvalue weighted by Gasteiger charge is -2.39. The van der Waals surface area contributed by atoms with Gasteiger partial charge in [-0.1, -0.05) is 34.6 Å². The molecule has 130 valence electrons. The molecule has 0 fully saturated rings. The Bertz CT molecular complexity index is 547. The molecule has 5 heteroatoms. The van der Waals surface area contributed by atoms with E-state index in [0.29, 0.717) is 18.8 Å². The average Bonchev–Trinajstić information content (AvgIpc) is 2.45. The van der Waals surface area contributed by atoms with Gasteiger partial charge in [-0.2, -0.15) is 0 Å². The summed E-state index contributed by atoms with van der Waals surface area (Å²) in [6.45, 7) is 18.2. The van der Waals surface area contributed by atoms with Crippen LogP contribution in [0.15, 0.2) is 18.5 Å². The third kappa shape index (κ3) is 5.14. The highest BCUT2D eigenvalue weighted by Gasteiger charge is 2.38. The predicted octanol–water partition coefficient (Wildman–Crippen LogP) is 4.56. The number of aromatic nitrogens is 1. The lowest BCUT2D eigenvalue weighted by molar-refractivity contribution is 0.0525. The fourth-order valence-electron chi connectivity index (χ4n) is 1.80. The Hall–Kier alpha value is -1.20. The van der Waals surface area contributed by atoms with Gasteiger partial charge in [-0.15, -0.1) is 0 Å². The number of nitrogens with zero attached hydrogens (tertiary/aromatic N) is 1. The van der Waals surface area contributed by atoms with Gasteiger partial charge < -0.3 is 9.16 Å². The maximum atomic E-state index is 11.9. The maximum absolute atomic E-state index is 11.9. The highest BCUT2D eigenvalue weighted by molar-refractivity contribution is 6.74. The first-order chi connectivity index (χ1) is 10.4. The highest BCUT2D eigenvalue weighted by Crippen LogP contribution is 2.38. The van der Waals surface area contributed by atoms with Gasteiger partial charge >= 0.3 is 5.97 Å². The fraction of sp³-hybridized carbons (Fsp3) is 0.667. The summed E-state index contributed by atoms with van der Waals surface area (Å²) < 4.78 is 11.4. The van der Waals surface area contributed by atoms with Crippen molar-refractivity contribution in [3.8, 4) is 0 Å². The molecule has 0 atom stereocenters. The fourth-order valence-corrected chi connectivity index (χ4v) is 2.95. The summed E-state index contributed by atoms with van der Waals surface area (Å²) in [5.41, 5.74) is 1.26. The van der Waals surface area contributed by atoms with Crippen molar-refractivity contribution in [1.82, 2.24) is 4.98 Å². The Balaban J connectivity index is 2.92. The van der Waals surface area contributed by atoms with Crippen LogP contribution < -0.4 is 0 Å². The maximum Gasteiger partial charge on any atom is 0.339 e. The number of hydrogen-bond acceptors (Lipinski definition) is 4. The van der Waals surface area contributed by atoms with E-state index in [1.54, 1.807) is 19.3 Å². The van der Waals surface area contributed by atoms with Crippen LogP contribution in [0.1, 0.15) is 57.5 Å². The molecule has 0 unspecified atom stereocenters. The van der Waals surface area contributed by atoms with Crippen LogP contribution in [-0.4, -0.2) is 32.5 Å². The molecular weight excluding hydrogens is 306 g/mol. The minimum absolute atomic E-state index is 0.175. The van der Waals surface area contributed by atoms with E-state index in [2.05, 4.69) is 52.7 Å². The molecule has 0 amide bonds. The summed E-state index contributed by atoms with van der Waals surface area (Å²) in [5, 5.41) is 0.175. The second-order valence-corrected chi connectivity index (χ2v) is 12.9. The smallest absolute Gasteiger partial charge is 0.339 e. The number of pyridine rings is 1. The summed E-state index contributed by atoms with van der Waals surface area (Å²) in [4.78, 5) is 16.1. The van der Waals surface area contributed by atoms with E-state index in [9.17, 15) is 4.79 Å². The van der Waals surface area contributed by atoms with Crippen LogP contribution in [0.4, 0.5) is 0 Å². The van der Waals surface area contributed by atoms with Crippen molar-refractivity contribution in [3.63, 3.8) is 0 Å². The Morgan fingerprint density at radius 2 is 1.78 bits per heavy atom. The Morgan fingerprint density at radius 3 is 2.30 bits per heavy atom. The second-order valence-electron chi connectivity index (χ2n) is 8.12. The molecule has 0 saturated carbocycles. The first-order valence-corrected chi connectivity index (χ1v) is 11.1. The standard InChI is InChI=1S/C18H31NO3Si/c1-9-21-16(20)14-10-15(12-19-11-14)18(5,6)13-22-23(7,8)17(2,3)4/h10-12H,9,13H2,1-8H3. The minimum Gasteiger partial charge on any atom is -0.462 e. The zero-order chi connectivity index (χ0) is 17.9. The molecule has 0 bridgehead atoms. The van der Waals surface area contributed by atoms with Gasteiger partial charge in [0.25, 0.3) is 0 Å². The van der Waals surface area contributed by atoms with Crippen molar-refractivity contribution < 1.29 is 14.0 Å². The van der Waals surface area contributed by atoms with Crippen molar-refractivity contribution in [2.24, 2.45) is 0 Å². The molecule has 1 aromatic rings. The molecule has 1 rings (SSSR count). The van der Waals surface area contributed by atoms with Gasteiger partial charge in [0.1, 0.15) is 0 Å². The molecule has 4 nitrogen and oxygen atoms in total. The van der Waals surface area contributed by atoms with Crippen molar-refractivity contribution in [1.29, 1.82) is 0 Å². The van der Waals surface area contributed by atoms with E-state index in [-0.39, 0.29) is 16.4 Å². The van der Waals surface area contributed by atoms with Crippen molar-refractivity contribution >= 4 is 14.3 Å². The molecule has 0 saturated heterocycles. The van der Waals surface area contributed by atoms with Crippen LogP contribution >= 0.6 is 0 Å². The van der Waals surface area contributed by atoms with E-state index in [4.69, 9.17) is 9.16 Å². The van der Waals surface area contributed by atoms with E-state index in [1.807, 2.05) is 6.07 Å². The Morgan fingerprint density at radius 1 is 1.17 bits per heavy atom. The third-order valence-corrected chi connectivity index (χ3v) is 9.11. The van der Waals surface area contributed by atoms with Gasteiger partial charge in [0.2, 0.25) is 0 Å². The first kappa shape index (κ1) is 19.8. The minimum atomic E-state index is -1.81. The van der Waals surface area contributed by atoms with Gasteiger partial charge in [0.05, 0.1) is 12.2 Å². The van der Waals surface area contributed by atoms with Crippen molar-refractivity contribution in [2.75, 3.05) is 13.2 Å². The molecular formula is C18H31NO3Si. The molecule has 0 aliphatic rings. The normalized spacial score (nSPS) is 13.0. The summed E-state index contributed by atoms with van der Waals surface area (Å²) in [6, 6.07) is 1.86. The number of carbonyl (C=O) groups is 1. The van der Waals surface area contributed by atoms with E-state index in [0.717, 1.165) is 5.56 Å². The topological polar surface area (TPSA) is 48.4 Å². The number of esters is 1. The SMILES string of the molecule is CCOC(=O)c1cncc(C(C)(C)CO[Si](C)(C)C(C)(C)C)c1. The molecule has 0 radical (unpaired) electrons. The summed E-state index contributed by atoms with van der Waals surface area (Å²) in [7, 11) is -1.81. The summed E-state index contributed by atoms with van der Waals surface area (Å²) >= 11 is 0. The predicted molar refractivity (Wildman–Crippen MR) is 96.4 cm³/mol. The number of hydrogen-bond donors (Lipinski definition) is 0. The van der Waals surface area contributed by atoms with Gasteiger partial charge in [-0.05, 0) is 36.7 Å². The van der Waals surface area contributed by atoms with Crippen LogP contribution in [0.3, 0.4) is 0 Å². The highest BCUT2D eigenvalue weighted by atomic mass is 28.4. The number of carbonyl (C=O) groups excluding carboxylic acids is 1. The van der Waals surface area contributed by atoms with Crippen LogP contribution in [-0.2, 0) is 14.6 Å². The average molecular weight is 338 g/mol. The zero-order valence-corrected chi connectivity index (χ0v) is 16.8. The lowest BCUT2D eigenvalue weighted by Crippen LogP contribution is -2.44. The van der Waals surface area contributed by atoms with E-state index < -0.39 is 8.32 Å². The number of rotatable bonds is 6. The van der Waals surface area contributed by atoms with Gasteiger partial charge in [-0.25, -0.2) is 4.79 Å². The van der Waals surface area contributed by atoms with E-state index in [1.165, 1.54) is 0 Å². The van der Waals surface area contributed by atoms with Gasteiger partial charge in [-0.3, -0.25) is 4.98 Å². The van der Waals surface area contributed by atoms with Crippen molar-refractivity contribution in [2.45, 2.75) is 65.1 Å². The molecule has 0 aromatic carbocycles. The van der Waals surface area contributed by atoms with Gasteiger partial charge in [0.15, 0.2) is 8.32 Å². The van der Waals surface area contributed by atoms with Crippen LogP contribution in [0.2, 0.25) is 18.1 Å². The molecule has 0 aliphatic heterocycles. The molecule has 1 aromatic heterocycles. The molecule has 1 heterocycles. The Kier molecular flexibility index (Phi) is 6.16. The number of ether oxygens (including phenoxy) is 1. The van der Waals surface area contributed by atoms with Crippen LogP contribution in [0.5, 0.6) is 0 Å². The molecule has 0 aliphatic carbocycles. The largest absolute Gasteiger partial charge is 0.462 e. The quantitative estimate of drug-likeness (QED) is 0.564. The molecule has 23 heavy (non-hydrogen) atoms. The van der Waals surface area contributed by atoms with Crippen molar-refractivity contribution in [3.05, 3.63) is 29.6 Å². The van der Waals surface area contributed by atoms with Crippen LogP contribution in [0.25, 0.3) is 0 Å². The zero-order valence-electron chi connectivity index (χ0n) is 15.8. The second kappa shape index (κ2) is 7.14. The third-order valence-electron chi connectivity index (χ3n) is 4.63. The Labute approximate surface area is 141 Å². The lowest BCUT2D eigenvalue weighted by atomic mass is 9.86. The molecule has 0 N–H and O–H groups in total. The van der Waals surface area contributed by atoms with Crippen LogP contribution in [0, 0.1) is 0 Å². The van der Waals surface area contributed by atoms with E-state index >= 15 is 0 Å². The summed E-state index contributed by atoms with van der Waals surface area (Å²) in [5.74, 6) is -0.331. The first-order valence-electron chi connectivity index (χ1n) is 8.17. The summed E-state index contributed by atoms with van der Waals surface area (Å²) in [6.07, 6.45) is 3.35. The molecule has 0 spiro atoms. The van der Waals surface area contributed by atoms with Gasteiger partial charge in [0, 0.05) is 24.4 Å². The monoisotopic (exact) mass is 337 g/mol.